The number of carbonyl (C=O) groups is 1. The molecule has 2 aromatic carbocycles. The molecule has 7 heteroatoms. The van der Waals surface area contributed by atoms with E-state index >= 15 is 0 Å². The maximum absolute atomic E-state index is 13.8. The Balaban J connectivity index is 1.42. The first-order valence-corrected chi connectivity index (χ1v) is 12.9. The van der Waals surface area contributed by atoms with E-state index in [9.17, 15) is 4.79 Å². The second kappa shape index (κ2) is 9.96. The molecule has 0 aliphatic carbocycles. The summed E-state index contributed by atoms with van der Waals surface area (Å²) in [6.07, 6.45) is 0. The molecular formula is C28H30N4O2S. The van der Waals surface area contributed by atoms with Crippen molar-refractivity contribution in [1.82, 2.24) is 14.7 Å². The first-order valence-electron chi connectivity index (χ1n) is 12.0. The second-order valence-corrected chi connectivity index (χ2v) is 9.72. The zero-order valence-electron chi connectivity index (χ0n) is 20.4. The number of hydrogen-bond donors (Lipinski definition) is 0. The summed E-state index contributed by atoms with van der Waals surface area (Å²) < 4.78 is 7.65. The summed E-state index contributed by atoms with van der Waals surface area (Å²) >= 11 is 1.63. The van der Waals surface area contributed by atoms with Crippen molar-refractivity contribution in [2.24, 2.45) is 0 Å². The van der Waals surface area contributed by atoms with Gasteiger partial charge in [-0.15, -0.1) is 11.3 Å². The largest absolute Gasteiger partial charge is 0.492 e. The lowest BCUT2D eigenvalue weighted by Crippen LogP contribution is -2.49. The van der Waals surface area contributed by atoms with Crippen molar-refractivity contribution in [2.75, 3.05) is 37.7 Å². The van der Waals surface area contributed by atoms with Crippen LogP contribution in [0.15, 0.2) is 66.0 Å². The molecule has 1 saturated heterocycles. The highest BCUT2D eigenvalue weighted by Gasteiger charge is 2.27. The monoisotopic (exact) mass is 486 g/mol. The molecule has 0 saturated carbocycles. The Morgan fingerprint density at radius 2 is 1.77 bits per heavy atom. The van der Waals surface area contributed by atoms with Gasteiger partial charge in [-0.1, -0.05) is 35.9 Å². The summed E-state index contributed by atoms with van der Waals surface area (Å²) in [5.41, 5.74) is 5.73. The molecule has 1 fully saturated rings. The van der Waals surface area contributed by atoms with E-state index in [1.54, 1.807) is 11.3 Å². The first kappa shape index (κ1) is 23.2. The molecule has 4 aromatic rings. The Labute approximate surface area is 210 Å². The predicted octanol–water partition coefficient (Wildman–Crippen LogP) is 5.58. The third-order valence-corrected chi connectivity index (χ3v) is 7.25. The lowest BCUT2D eigenvalue weighted by atomic mass is 10.1. The van der Waals surface area contributed by atoms with Gasteiger partial charge in [0.1, 0.15) is 17.1 Å². The maximum Gasteiger partial charge on any atom is 0.272 e. The van der Waals surface area contributed by atoms with Crippen molar-refractivity contribution in [1.29, 1.82) is 0 Å². The van der Waals surface area contributed by atoms with E-state index in [1.165, 1.54) is 5.56 Å². The Hall–Kier alpha value is -3.58. The number of thiophene rings is 1. The molecule has 0 spiro atoms. The molecule has 0 bridgehead atoms. The number of ether oxygens (including phenoxy) is 1. The van der Waals surface area contributed by atoms with Gasteiger partial charge in [0, 0.05) is 26.2 Å². The molecule has 3 heterocycles. The molecule has 1 aliphatic rings. The zero-order chi connectivity index (χ0) is 24.4. The first-order chi connectivity index (χ1) is 17.0. The normalized spacial score (nSPS) is 13.8. The Bertz CT molecular complexity index is 1320. The fourth-order valence-corrected chi connectivity index (χ4v) is 5.29. The number of aryl methyl sites for hydroxylation is 2. The highest BCUT2D eigenvalue weighted by Crippen LogP contribution is 2.30. The van der Waals surface area contributed by atoms with E-state index in [2.05, 4.69) is 43.0 Å². The lowest BCUT2D eigenvalue weighted by molar-refractivity contribution is 0.0737. The molecule has 2 aromatic heterocycles. The van der Waals surface area contributed by atoms with Crippen molar-refractivity contribution in [3.8, 4) is 22.0 Å². The fourth-order valence-electron chi connectivity index (χ4n) is 4.61. The molecule has 1 aliphatic heterocycles. The molecule has 0 N–H and O–H groups in total. The Morgan fingerprint density at radius 1 is 0.971 bits per heavy atom. The minimum Gasteiger partial charge on any atom is -0.492 e. The average molecular weight is 487 g/mol. The van der Waals surface area contributed by atoms with Crippen LogP contribution in [0, 0.1) is 13.8 Å². The zero-order valence-corrected chi connectivity index (χ0v) is 21.2. The number of benzene rings is 2. The number of aromatic nitrogens is 2. The lowest BCUT2D eigenvalue weighted by Gasteiger charge is -2.36. The third kappa shape index (κ3) is 4.68. The Kier molecular flexibility index (Phi) is 6.59. The summed E-state index contributed by atoms with van der Waals surface area (Å²) in [4.78, 5) is 19.1. The molecule has 180 valence electrons. The highest BCUT2D eigenvalue weighted by molar-refractivity contribution is 7.13. The summed E-state index contributed by atoms with van der Waals surface area (Å²) in [5, 5.41) is 6.91. The fraction of sp³-hybridized carbons (Fsp3) is 0.286. The van der Waals surface area contributed by atoms with Crippen LogP contribution in [0.25, 0.3) is 16.3 Å². The van der Waals surface area contributed by atoms with Gasteiger partial charge in [0.15, 0.2) is 0 Å². The quantitative estimate of drug-likeness (QED) is 0.357. The van der Waals surface area contributed by atoms with E-state index in [0.29, 0.717) is 25.4 Å². The van der Waals surface area contributed by atoms with Crippen LogP contribution in [0.4, 0.5) is 5.69 Å². The van der Waals surface area contributed by atoms with E-state index in [-0.39, 0.29) is 5.91 Å². The number of amides is 1. The van der Waals surface area contributed by atoms with E-state index in [1.807, 2.05) is 58.3 Å². The average Bonchev–Trinajstić information content (AvgIpc) is 3.55. The van der Waals surface area contributed by atoms with Crippen molar-refractivity contribution in [3.63, 3.8) is 0 Å². The summed E-state index contributed by atoms with van der Waals surface area (Å²) in [7, 11) is 0. The molecule has 0 radical (unpaired) electrons. The van der Waals surface area contributed by atoms with E-state index in [4.69, 9.17) is 9.84 Å². The van der Waals surface area contributed by atoms with Crippen LogP contribution in [0.1, 0.15) is 28.5 Å². The number of carbonyl (C=O) groups excluding carboxylic acids is 1. The van der Waals surface area contributed by atoms with Gasteiger partial charge in [0.2, 0.25) is 0 Å². The number of piperazine rings is 1. The number of anilines is 1. The Morgan fingerprint density at radius 3 is 2.49 bits per heavy atom. The molecule has 5 rings (SSSR count). The van der Waals surface area contributed by atoms with Crippen molar-refractivity contribution < 1.29 is 9.53 Å². The van der Waals surface area contributed by atoms with Crippen molar-refractivity contribution in [2.45, 2.75) is 20.8 Å². The molecule has 35 heavy (non-hydrogen) atoms. The van der Waals surface area contributed by atoms with Crippen LogP contribution in [-0.2, 0) is 0 Å². The van der Waals surface area contributed by atoms with Gasteiger partial charge in [-0.05, 0) is 62.0 Å². The second-order valence-electron chi connectivity index (χ2n) is 8.77. The number of nitrogens with zero attached hydrogens (tertiary/aromatic N) is 4. The van der Waals surface area contributed by atoms with Gasteiger partial charge in [0.05, 0.1) is 22.9 Å². The molecule has 0 atom stereocenters. The van der Waals surface area contributed by atoms with Gasteiger partial charge < -0.3 is 14.5 Å². The van der Waals surface area contributed by atoms with Crippen LogP contribution in [0.3, 0.4) is 0 Å². The van der Waals surface area contributed by atoms with Gasteiger partial charge in [0.25, 0.3) is 5.91 Å². The van der Waals surface area contributed by atoms with Crippen LogP contribution >= 0.6 is 11.3 Å². The van der Waals surface area contributed by atoms with Crippen LogP contribution in [0.5, 0.6) is 5.75 Å². The molecule has 6 nitrogen and oxygen atoms in total. The third-order valence-electron chi connectivity index (χ3n) is 6.36. The summed E-state index contributed by atoms with van der Waals surface area (Å²) in [6.45, 7) is 9.57. The van der Waals surface area contributed by atoms with Gasteiger partial charge in [-0.25, -0.2) is 4.68 Å². The molecule has 0 unspecified atom stereocenters. The molecule has 1 amide bonds. The highest BCUT2D eigenvalue weighted by atomic mass is 32.1. The summed E-state index contributed by atoms with van der Waals surface area (Å²) in [6, 6.07) is 20.4. The van der Waals surface area contributed by atoms with Gasteiger partial charge in [-0.3, -0.25) is 4.79 Å². The minimum absolute atomic E-state index is 0.0121. The number of rotatable bonds is 6. The standard InChI is InChI=1S/C28H30N4O2S/c1-4-34-26-9-6-5-8-24(26)30-13-15-31(16-14-30)28(33)25-19-22(27-10-7-17-35-27)29-32(25)23-12-11-20(2)18-21(23)3/h5-12,17-19H,4,13-16H2,1-3H3. The molecular weight excluding hydrogens is 456 g/mol. The van der Waals surface area contributed by atoms with Gasteiger partial charge >= 0.3 is 0 Å². The predicted molar refractivity (Wildman–Crippen MR) is 142 cm³/mol. The smallest absolute Gasteiger partial charge is 0.272 e. The summed E-state index contributed by atoms with van der Waals surface area (Å²) in [5.74, 6) is 0.904. The number of hydrogen-bond acceptors (Lipinski definition) is 5. The van der Waals surface area contributed by atoms with Crippen LogP contribution in [0.2, 0.25) is 0 Å². The van der Waals surface area contributed by atoms with Gasteiger partial charge in [-0.2, -0.15) is 5.10 Å². The van der Waals surface area contributed by atoms with Crippen LogP contribution < -0.4 is 9.64 Å². The maximum atomic E-state index is 13.8. The van der Waals surface area contributed by atoms with E-state index < -0.39 is 0 Å². The van der Waals surface area contributed by atoms with E-state index in [0.717, 1.165) is 46.3 Å². The van der Waals surface area contributed by atoms with Crippen molar-refractivity contribution in [3.05, 3.63) is 82.9 Å². The van der Waals surface area contributed by atoms with Crippen LogP contribution in [-0.4, -0.2) is 53.4 Å². The van der Waals surface area contributed by atoms with Crippen molar-refractivity contribution >= 4 is 22.9 Å². The SMILES string of the molecule is CCOc1ccccc1N1CCN(C(=O)c2cc(-c3cccs3)nn2-c2ccc(C)cc2C)CC1. The minimum atomic E-state index is 0.0121. The number of para-hydroxylation sites is 2. The topological polar surface area (TPSA) is 50.6 Å².